The zero-order chi connectivity index (χ0) is 30.6. The predicted molar refractivity (Wildman–Crippen MR) is 168 cm³/mol. The van der Waals surface area contributed by atoms with Crippen molar-refractivity contribution in [1.82, 2.24) is 29.5 Å². The number of carbonyl (C=O) groups is 1. The number of amides is 1. The van der Waals surface area contributed by atoms with Crippen LogP contribution in [0.25, 0.3) is 32.9 Å². The Hall–Kier alpha value is -3.76. The normalized spacial score (nSPS) is 21.2. The average Bonchev–Trinajstić information content (AvgIpc) is 3.58. The van der Waals surface area contributed by atoms with Crippen LogP contribution >= 0.6 is 11.6 Å². The number of likely N-dealkylation sites (tertiary alicyclic amines) is 1. The molecule has 2 aliphatic heterocycles. The topological polar surface area (TPSA) is 79.6 Å². The number of benzene rings is 2. The second-order valence-corrected chi connectivity index (χ2v) is 12.3. The van der Waals surface area contributed by atoms with Gasteiger partial charge in [-0.05, 0) is 64.9 Å². The van der Waals surface area contributed by atoms with Crippen molar-refractivity contribution >= 4 is 45.1 Å². The average molecular weight is 606 g/mol. The number of ether oxygens (including phenoxy) is 1. The van der Waals surface area contributed by atoms with Gasteiger partial charge in [-0.3, -0.25) is 9.48 Å². The minimum absolute atomic E-state index is 0.112. The lowest BCUT2D eigenvalue weighted by atomic mass is 9.96. The van der Waals surface area contributed by atoms with Gasteiger partial charge in [-0.1, -0.05) is 30.3 Å². The lowest BCUT2D eigenvalue weighted by Gasteiger charge is -2.44. The van der Waals surface area contributed by atoms with Crippen LogP contribution in [0.2, 0.25) is 5.02 Å². The van der Waals surface area contributed by atoms with E-state index in [9.17, 15) is 4.79 Å². The summed E-state index contributed by atoms with van der Waals surface area (Å²) in [6, 6.07) is 5.81. The molecule has 0 saturated carbocycles. The SMILES string of the molecule is C=CC(=O)N1C[C@H](C)N(c2nc(OC[C@@H]3CCCN3C)nc3c(F)c(-c4c(C)ccc5cnn(C)c45)c(Cl)cc23)C[C@H]1C. The molecule has 0 radical (unpaired) electrons. The van der Waals surface area contributed by atoms with E-state index in [1.165, 1.54) is 6.08 Å². The molecule has 43 heavy (non-hydrogen) atoms. The Labute approximate surface area is 255 Å². The smallest absolute Gasteiger partial charge is 0.319 e. The van der Waals surface area contributed by atoms with Gasteiger partial charge in [0.2, 0.25) is 5.91 Å². The van der Waals surface area contributed by atoms with E-state index in [1.54, 1.807) is 21.8 Å². The molecule has 2 aromatic carbocycles. The molecule has 2 aliphatic rings. The van der Waals surface area contributed by atoms with Crippen molar-refractivity contribution in [2.24, 2.45) is 7.05 Å². The first-order valence-corrected chi connectivity index (χ1v) is 15.1. The van der Waals surface area contributed by atoms with Crippen molar-refractivity contribution in [3.63, 3.8) is 0 Å². The summed E-state index contributed by atoms with van der Waals surface area (Å²) in [4.78, 5) is 28.2. The second-order valence-electron chi connectivity index (χ2n) is 11.9. The van der Waals surface area contributed by atoms with Gasteiger partial charge in [-0.2, -0.15) is 15.1 Å². The van der Waals surface area contributed by atoms with Crippen molar-refractivity contribution in [2.45, 2.75) is 51.7 Å². The molecule has 4 heterocycles. The fourth-order valence-electron chi connectivity index (χ4n) is 6.56. The summed E-state index contributed by atoms with van der Waals surface area (Å²) in [7, 11) is 3.92. The molecular weight excluding hydrogens is 569 g/mol. The van der Waals surface area contributed by atoms with E-state index in [0.29, 0.717) is 36.5 Å². The number of hydrogen-bond acceptors (Lipinski definition) is 7. The summed E-state index contributed by atoms with van der Waals surface area (Å²) in [5, 5.41) is 6.05. The highest BCUT2D eigenvalue weighted by Gasteiger charge is 2.34. The Morgan fingerprint density at radius 2 is 1.98 bits per heavy atom. The molecule has 2 saturated heterocycles. The van der Waals surface area contributed by atoms with Gasteiger partial charge in [0, 0.05) is 60.2 Å². The third kappa shape index (κ3) is 5.10. The van der Waals surface area contributed by atoms with Crippen molar-refractivity contribution < 1.29 is 13.9 Å². The Morgan fingerprint density at radius 1 is 1.19 bits per heavy atom. The first-order valence-electron chi connectivity index (χ1n) is 14.7. The fourth-order valence-corrected chi connectivity index (χ4v) is 6.85. The van der Waals surface area contributed by atoms with Crippen LogP contribution < -0.4 is 9.64 Å². The molecule has 9 nitrogen and oxygen atoms in total. The number of rotatable bonds is 6. The zero-order valence-corrected chi connectivity index (χ0v) is 26.0. The van der Waals surface area contributed by atoms with Gasteiger partial charge in [-0.25, -0.2) is 4.39 Å². The van der Waals surface area contributed by atoms with Gasteiger partial charge in [-0.15, -0.1) is 0 Å². The third-order valence-electron chi connectivity index (χ3n) is 9.00. The van der Waals surface area contributed by atoms with Crippen LogP contribution in [0.5, 0.6) is 6.01 Å². The minimum atomic E-state index is -0.535. The van der Waals surface area contributed by atoms with Crippen molar-refractivity contribution in [3.8, 4) is 17.1 Å². The summed E-state index contributed by atoms with van der Waals surface area (Å²) < 4.78 is 24.9. The van der Waals surface area contributed by atoms with Crippen LogP contribution in [0.1, 0.15) is 32.3 Å². The van der Waals surface area contributed by atoms with Gasteiger partial charge in [0.05, 0.1) is 16.7 Å². The van der Waals surface area contributed by atoms with Gasteiger partial charge in [0.25, 0.3) is 0 Å². The number of halogens is 2. The molecule has 1 amide bonds. The van der Waals surface area contributed by atoms with Crippen LogP contribution in [0, 0.1) is 12.7 Å². The number of piperazine rings is 1. The van der Waals surface area contributed by atoms with Crippen LogP contribution in [0.3, 0.4) is 0 Å². The zero-order valence-electron chi connectivity index (χ0n) is 25.3. The number of hydrogen-bond donors (Lipinski definition) is 0. The number of nitrogens with zero attached hydrogens (tertiary/aromatic N) is 7. The highest BCUT2D eigenvalue weighted by atomic mass is 35.5. The monoisotopic (exact) mass is 605 g/mol. The Kier molecular flexibility index (Phi) is 7.76. The molecule has 0 aliphatic carbocycles. The van der Waals surface area contributed by atoms with E-state index in [-0.39, 0.29) is 46.1 Å². The summed E-state index contributed by atoms with van der Waals surface area (Å²) >= 11 is 6.95. The molecule has 2 fully saturated rings. The molecule has 2 aromatic heterocycles. The second kappa shape index (κ2) is 11.4. The lowest BCUT2D eigenvalue weighted by molar-refractivity contribution is -0.128. The van der Waals surface area contributed by atoms with Crippen LogP contribution in [-0.2, 0) is 11.8 Å². The Bertz CT molecular complexity index is 1740. The van der Waals surface area contributed by atoms with E-state index in [4.69, 9.17) is 21.3 Å². The van der Waals surface area contributed by atoms with Crippen LogP contribution in [0.4, 0.5) is 10.2 Å². The van der Waals surface area contributed by atoms with E-state index in [1.807, 2.05) is 40.0 Å². The number of aromatic nitrogens is 4. The number of aryl methyl sites for hydroxylation is 2. The third-order valence-corrected chi connectivity index (χ3v) is 9.29. The molecule has 4 aromatic rings. The van der Waals surface area contributed by atoms with Gasteiger partial charge >= 0.3 is 6.01 Å². The predicted octanol–water partition coefficient (Wildman–Crippen LogP) is 5.37. The number of fused-ring (bicyclic) bond motifs is 2. The maximum Gasteiger partial charge on any atom is 0.319 e. The van der Waals surface area contributed by atoms with Gasteiger partial charge in [0.15, 0.2) is 5.82 Å². The van der Waals surface area contributed by atoms with E-state index < -0.39 is 5.82 Å². The minimum Gasteiger partial charge on any atom is -0.462 e. The maximum absolute atomic E-state index is 16.9. The highest BCUT2D eigenvalue weighted by molar-refractivity contribution is 6.35. The van der Waals surface area contributed by atoms with Crippen molar-refractivity contribution in [2.75, 3.05) is 38.2 Å². The van der Waals surface area contributed by atoms with Crippen LogP contribution in [-0.4, -0.2) is 86.9 Å². The first-order chi connectivity index (χ1) is 20.6. The lowest BCUT2D eigenvalue weighted by Crippen LogP contribution is -2.58. The maximum atomic E-state index is 16.9. The molecule has 3 atom stereocenters. The van der Waals surface area contributed by atoms with Crippen molar-refractivity contribution in [1.29, 1.82) is 0 Å². The van der Waals surface area contributed by atoms with E-state index in [2.05, 4.69) is 33.5 Å². The molecule has 226 valence electrons. The van der Waals surface area contributed by atoms with Gasteiger partial charge < -0.3 is 19.4 Å². The van der Waals surface area contributed by atoms with Crippen molar-refractivity contribution in [3.05, 3.63) is 53.5 Å². The number of likely N-dealkylation sites (N-methyl/N-ethyl adjacent to an activating group) is 1. The summed E-state index contributed by atoms with van der Waals surface area (Å²) in [6.07, 6.45) is 5.23. The Balaban J connectivity index is 1.52. The summed E-state index contributed by atoms with van der Waals surface area (Å²) in [5.41, 5.74) is 2.75. The molecule has 0 N–H and O–H groups in total. The van der Waals surface area contributed by atoms with Crippen LogP contribution in [0.15, 0.2) is 37.1 Å². The van der Waals surface area contributed by atoms with E-state index >= 15 is 4.39 Å². The molecule has 6 rings (SSSR count). The first kappa shape index (κ1) is 29.3. The summed E-state index contributed by atoms with van der Waals surface area (Å²) in [6.45, 7) is 12.0. The number of carbonyl (C=O) groups excluding carboxylic acids is 1. The summed E-state index contributed by atoms with van der Waals surface area (Å²) in [5.74, 6) is -0.116. The fraction of sp³-hybridized carbons (Fsp3) is 0.438. The molecular formula is C32H37ClFN7O2. The quantitative estimate of drug-likeness (QED) is 0.273. The molecule has 0 spiro atoms. The highest BCUT2D eigenvalue weighted by Crippen LogP contribution is 2.43. The molecule has 0 unspecified atom stereocenters. The van der Waals surface area contributed by atoms with Gasteiger partial charge in [0.1, 0.15) is 17.9 Å². The number of anilines is 1. The standard InChI is InChI=1S/C32H37ClFN7O2/c1-7-25(42)40-15-20(4)41(16-19(40)3)31-23-13-24(33)27(26-18(2)10-11-21-14-35-39(6)30(21)26)28(34)29(23)36-32(37-31)43-17-22-9-8-12-38(22)5/h7,10-11,13-14,19-20,22H,1,8-9,12,15-17H2,2-6H3/t19-,20+,22+/m1/s1. The Morgan fingerprint density at radius 3 is 2.70 bits per heavy atom. The van der Waals surface area contributed by atoms with E-state index in [0.717, 1.165) is 35.9 Å². The molecule has 0 bridgehead atoms. The largest absolute Gasteiger partial charge is 0.462 e. The molecule has 11 heteroatoms.